The van der Waals surface area contributed by atoms with Crippen molar-refractivity contribution in [1.29, 1.82) is 0 Å². The Hall–Kier alpha value is -0.810. The molecular weight excluding hydrogens is 208 g/mol. The summed E-state index contributed by atoms with van der Waals surface area (Å²) in [6.07, 6.45) is -1.15. The van der Waals surface area contributed by atoms with Gasteiger partial charge in [-0.3, -0.25) is 0 Å². The summed E-state index contributed by atoms with van der Waals surface area (Å²) in [7, 11) is 0. The number of aliphatic hydroxyl groups excluding tert-OH is 1. The second-order valence-electron chi connectivity index (χ2n) is 4.82. The van der Waals surface area contributed by atoms with Crippen LogP contribution in [0.25, 0.3) is 0 Å². The molecule has 0 aromatic heterocycles. The fourth-order valence-electron chi connectivity index (χ4n) is 1.48. The minimum absolute atomic E-state index is 0.277. The van der Waals surface area contributed by atoms with Gasteiger partial charge >= 0.3 is 6.09 Å². The zero-order valence-corrected chi connectivity index (χ0v) is 10.5. The van der Waals surface area contributed by atoms with Crippen molar-refractivity contribution in [3.8, 4) is 0 Å². The number of carboxylic acid groups (broad SMARTS) is 1. The number of amides is 1. The lowest BCUT2D eigenvalue weighted by Gasteiger charge is -2.25. The molecule has 0 heterocycles. The molecule has 0 saturated carbocycles. The van der Waals surface area contributed by atoms with Crippen LogP contribution in [0.2, 0.25) is 0 Å². The van der Waals surface area contributed by atoms with Crippen LogP contribution in [0.3, 0.4) is 0 Å². The van der Waals surface area contributed by atoms with Gasteiger partial charge in [0.05, 0.1) is 12.1 Å². The molecule has 0 aliphatic heterocycles. The molecule has 0 fully saturated rings. The second-order valence-corrected chi connectivity index (χ2v) is 4.82. The van der Waals surface area contributed by atoms with Gasteiger partial charge in [0, 0.05) is 12.6 Å². The monoisotopic (exact) mass is 232 g/mol. The lowest BCUT2D eigenvalue weighted by Crippen LogP contribution is -2.48. The van der Waals surface area contributed by atoms with Crippen molar-refractivity contribution in [2.24, 2.45) is 5.92 Å². The minimum Gasteiger partial charge on any atom is -0.465 e. The van der Waals surface area contributed by atoms with E-state index in [-0.39, 0.29) is 6.04 Å². The van der Waals surface area contributed by atoms with Gasteiger partial charge in [-0.05, 0) is 12.3 Å². The maximum absolute atomic E-state index is 10.6. The van der Waals surface area contributed by atoms with Crippen LogP contribution in [0.4, 0.5) is 4.79 Å². The molecule has 0 aliphatic rings. The van der Waals surface area contributed by atoms with Crippen LogP contribution in [0, 0.1) is 5.92 Å². The highest BCUT2D eigenvalue weighted by Gasteiger charge is 2.21. The van der Waals surface area contributed by atoms with E-state index in [4.69, 9.17) is 5.11 Å². The smallest absolute Gasteiger partial charge is 0.404 e. The van der Waals surface area contributed by atoms with Crippen LogP contribution < -0.4 is 10.6 Å². The molecule has 0 rings (SSSR count). The summed E-state index contributed by atoms with van der Waals surface area (Å²) in [5.74, 6) is 0.338. The van der Waals surface area contributed by atoms with E-state index in [1.807, 2.05) is 27.7 Å². The van der Waals surface area contributed by atoms with Crippen molar-refractivity contribution >= 4 is 6.09 Å². The van der Waals surface area contributed by atoms with Gasteiger partial charge in [-0.2, -0.15) is 0 Å². The fourth-order valence-corrected chi connectivity index (χ4v) is 1.48. The molecule has 1 unspecified atom stereocenters. The number of aliphatic hydroxyl groups is 1. The summed E-state index contributed by atoms with van der Waals surface area (Å²) < 4.78 is 0. The number of hydrogen-bond acceptors (Lipinski definition) is 3. The Labute approximate surface area is 97.2 Å². The van der Waals surface area contributed by atoms with Gasteiger partial charge in [0.2, 0.25) is 0 Å². The quantitative estimate of drug-likeness (QED) is 0.528. The molecule has 0 aromatic carbocycles. The van der Waals surface area contributed by atoms with Crippen LogP contribution in [0.5, 0.6) is 0 Å². The first-order valence-corrected chi connectivity index (χ1v) is 5.73. The van der Waals surface area contributed by atoms with Crippen LogP contribution in [-0.4, -0.2) is 41.0 Å². The molecule has 5 heteroatoms. The predicted octanol–water partition coefficient (Wildman–Crippen LogP) is 1.03. The van der Waals surface area contributed by atoms with Crippen LogP contribution in [0.1, 0.15) is 34.1 Å². The lowest BCUT2D eigenvalue weighted by atomic mass is 9.99. The van der Waals surface area contributed by atoms with E-state index < -0.39 is 18.2 Å². The molecule has 4 N–H and O–H groups in total. The zero-order valence-electron chi connectivity index (χ0n) is 10.5. The Morgan fingerprint density at radius 3 is 2.19 bits per heavy atom. The number of nitrogens with one attached hydrogen (secondary N) is 2. The lowest BCUT2D eigenvalue weighted by molar-refractivity contribution is 0.107. The topological polar surface area (TPSA) is 81.6 Å². The summed E-state index contributed by atoms with van der Waals surface area (Å²) in [5.41, 5.74) is 0. The summed E-state index contributed by atoms with van der Waals surface area (Å²) in [5, 5.41) is 24.0. The first-order chi connectivity index (χ1) is 7.32. The van der Waals surface area contributed by atoms with Crippen molar-refractivity contribution in [3.63, 3.8) is 0 Å². The molecule has 2 atom stereocenters. The first kappa shape index (κ1) is 15.2. The Morgan fingerprint density at radius 1 is 1.25 bits per heavy atom. The molecule has 0 radical (unpaired) electrons. The highest BCUT2D eigenvalue weighted by atomic mass is 16.4. The van der Waals surface area contributed by atoms with E-state index >= 15 is 0 Å². The molecule has 1 amide bonds. The van der Waals surface area contributed by atoms with Crippen LogP contribution in [0.15, 0.2) is 0 Å². The van der Waals surface area contributed by atoms with E-state index in [1.165, 1.54) is 0 Å². The second kappa shape index (κ2) is 7.46. The third kappa shape index (κ3) is 7.48. The van der Waals surface area contributed by atoms with Gasteiger partial charge in [-0.1, -0.05) is 27.7 Å². The SMILES string of the molecule is CC(C)CC(NC(=O)O)[C@@H](O)CNC(C)C. The maximum atomic E-state index is 10.6. The Kier molecular flexibility index (Phi) is 7.08. The Balaban J connectivity index is 4.19. The molecule has 96 valence electrons. The summed E-state index contributed by atoms with van der Waals surface area (Å²) in [6.45, 7) is 8.36. The first-order valence-electron chi connectivity index (χ1n) is 5.73. The average molecular weight is 232 g/mol. The molecule has 0 bridgehead atoms. The van der Waals surface area contributed by atoms with Crippen molar-refractivity contribution in [2.45, 2.75) is 52.3 Å². The molecule has 16 heavy (non-hydrogen) atoms. The van der Waals surface area contributed by atoms with Crippen molar-refractivity contribution in [3.05, 3.63) is 0 Å². The number of rotatable bonds is 7. The van der Waals surface area contributed by atoms with E-state index in [9.17, 15) is 9.90 Å². The molecular formula is C11H24N2O3. The van der Waals surface area contributed by atoms with Gasteiger partial charge in [0.15, 0.2) is 0 Å². The predicted molar refractivity (Wildman–Crippen MR) is 63.5 cm³/mol. The summed E-state index contributed by atoms with van der Waals surface area (Å²) in [4.78, 5) is 10.6. The van der Waals surface area contributed by atoms with Gasteiger partial charge in [-0.25, -0.2) is 4.79 Å². The van der Waals surface area contributed by atoms with Crippen LogP contribution >= 0.6 is 0 Å². The third-order valence-electron chi connectivity index (χ3n) is 2.23. The number of carbonyl (C=O) groups is 1. The normalized spacial score (nSPS) is 15.2. The van der Waals surface area contributed by atoms with E-state index in [0.29, 0.717) is 18.9 Å². The van der Waals surface area contributed by atoms with Crippen molar-refractivity contribution < 1.29 is 15.0 Å². The molecule has 0 aromatic rings. The number of hydrogen-bond donors (Lipinski definition) is 4. The van der Waals surface area contributed by atoms with Gasteiger partial charge < -0.3 is 20.8 Å². The highest BCUT2D eigenvalue weighted by molar-refractivity contribution is 5.64. The fraction of sp³-hybridized carbons (Fsp3) is 0.909. The van der Waals surface area contributed by atoms with E-state index in [2.05, 4.69) is 10.6 Å². The molecule has 0 spiro atoms. The third-order valence-corrected chi connectivity index (χ3v) is 2.23. The summed E-state index contributed by atoms with van der Waals surface area (Å²) >= 11 is 0. The molecule has 5 nitrogen and oxygen atoms in total. The maximum Gasteiger partial charge on any atom is 0.404 e. The largest absolute Gasteiger partial charge is 0.465 e. The van der Waals surface area contributed by atoms with E-state index in [1.54, 1.807) is 0 Å². The van der Waals surface area contributed by atoms with Crippen LogP contribution in [-0.2, 0) is 0 Å². The van der Waals surface area contributed by atoms with Crippen molar-refractivity contribution in [2.75, 3.05) is 6.54 Å². The van der Waals surface area contributed by atoms with Gasteiger partial charge in [-0.15, -0.1) is 0 Å². The van der Waals surface area contributed by atoms with Gasteiger partial charge in [0.25, 0.3) is 0 Å². The van der Waals surface area contributed by atoms with Gasteiger partial charge in [0.1, 0.15) is 0 Å². The standard InChI is InChI=1S/C11H24N2O3/c1-7(2)5-9(13-11(15)16)10(14)6-12-8(3)4/h7-10,12-14H,5-6H2,1-4H3,(H,15,16)/t9?,10-/m0/s1. The minimum atomic E-state index is -1.09. The van der Waals surface area contributed by atoms with Crippen molar-refractivity contribution in [1.82, 2.24) is 10.6 Å². The Bertz CT molecular complexity index is 207. The highest BCUT2D eigenvalue weighted by Crippen LogP contribution is 2.08. The molecule has 0 saturated heterocycles. The molecule has 0 aliphatic carbocycles. The Morgan fingerprint density at radius 2 is 1.81 bits per heavy atom. The summed E-state index contributed by atoms with van der Waals surface area (Å²) in [6, 6.07) is -0.136. The zero-order chi connectivity index (χ0) is 12.7. The van der Waals surface area contributed by atoms with E-state index in [0.717, 1.165) is 0 Å². The average Bonchev–Trinajstić information content (AvgIpc) is 2.11.